The smallest absolute Gasteiger partial charge is 0.251 e. The van der Waals surface area contributed by atoms with Gasteiger partial charge in [-0.25, -0.2) is 18.1 Å². The van der Waals surface area contributed by atoms with Crippen LogP contribution >= 0.6 is 0 Å². The lowest BCUT2D eigenvalue weighted by Gasteiger charge is -2.13. The Morgan fingerprint density at radius 1 is 1.15 bits per heavy atom. The fourth-order valence-electron chi connectivity index (χ4n) is 2.73. The molecule has 0 saturated carbocycles. The summed E-state index contributed by atoms with van der Waals surface area (Å²) < 4.78 is 28.0. The Morgan fingerprint density at radius 2 is 1.93 bits per heavy atom. The van der Waals surface area contributed by atoms with Crippen molar-refractivity contribution in [3.63, 3.8) is 0 Å². The van der Waals surface area contributed by atoms with Crippen molar-refractivity contribution in [1.29, 1.82) is 0 Å². The second-order valence-electron chi connectivity index (χ2n) is 5.89. The average Bonchev–Trinajstić information content (AvgIpc) is 3.12. The van der Waals surface area contributed by atoms with E-state index in [1.165, 1.54) is 19.2 Å². The zero-order valence-electron chi connectivity index (χ0n) is 15.0. The molecule has 0 saturated heterocycles. The average molecular weight is 384 g/mol. The van der Waals surface area contributed by atoms with Crippen LogP contribution in [0.25, 0.3) is 5.69 Å². The van der Waals surface area contributed by atoms with Gasteiger partial charge in [0.2, 0.25) is 10.0 Å². The molecule has 0 atom stereocenters. The van der Waals surface area contributed by atoms with Crippen LogP contribution in [-0.2, 0) is 16.6 Å². The minimum absolute atomic E-state index is 0.0482. The predicted octanol–water partition coefficient (Wildman–Crippen LogP) is 2.02. The molecule has 0 aliphatic heterocycles. The van der Waals surface area contributed by atoms with Crippen LogP contribution in [0.3, 0.4) is 0 Å². The van der Waals surface area contributed by atoms with Crippen LogP contribution in [0.2, 0.25) is 0 Å². The standard InChI is InChI=1S/C19H20N4O3S/c1-14-21-10-11-23(14)18-9-4-3-6-16(18)13-22-19(24)15-7-5-8-17(12-15)27(25,26)20-2/h3-12,20H,13H2,1-2H3,(H,22,24). The van der Waals surface area contributed by atoms with Crippen molar-refractivity contribution in [3.8, 4) is 5.69 Å². The number of nitrogens with zero attached hydrogens (tertiary/aromatic N) is 2. The van der Waals surface area contributed by atoms with Gasteiger partial charge in [0.05, 0.1) is 10.6 Å². The Balaban J connectivity index is 1.80. The Morgan fingerprint density at radius 3 is 2.63 bits per heavy atom. The molecular weight excluding hydrogens is 364 g/mol. The minimum atomic E-state index is -3.60. The van der Waals surface area contributed by atoms with E-state index in [1.54, 1.807) is 18.3 Å². The summed E-state index contributed by atoms with van der Waals surface area (Å²) in [6.07, 6.45) is 3.58. The van der Waals surface area contributed by atoms with E-state index < -0.39 is 10.0 Å². The number of carbonyl (C=O) groups is 1. The summed E-state index contributed by atoms with van der Waals surface area (Å²) in [7, 11) is -2.27. The second kappa shape index (κ2) is 7.73. The minimum Gasteiger partial charge on any atom is -0.348 e. The quantitative estimate of drug-likeness (QED) is 0.680. The van der Waals surface area contributed by atoms with Gasteiger partial charge in [0, 0.05) is 24.5 Å². The van der Waals surface area contributed by atoms with E-state index in [-0.39, 0.29) is 16.4 Å². The van der Waals surface area contributed by atoms with Crippen LogP contribution in [0.15, 0.2) is 65.8 Å². The molecule has 0 radical (unpaired) electrons. The van der Waals surface area contributed by atoms with E-state index in [1.807, 2.05) is 42.0 Å². The molecular formula is C19H20N4O3S. The van der Waals surface area contributed by atoms with E-state index in [0.29, 0.717) is 6.54 Å². The normalized spacial score (nSPS) is 11.3. The molecule has 3 rings (SSSR count). The Kier molecular flexibility index (Phi) is 5.38. The van der Waals surface area contributed by atoms with Gasteiger partial charge >= 0.3 is 0 Å². The number of hydrogen-bond acceptors (Lipinski definition) is 4. The third-order valence-electron chi connectivity index (χ3n) is 4.19. The monoisotopic (exact) mass is 384 g/mol. The van der Waals surface area contributed by atoms with Gasteiger partial charge in [0.1, 0.15) is 5.82 Å². The summed E-state index contributed by atoms with van der Waals surface area (Å²) >= 11 is 0. The maximum atomic E-state index is 12.5. The SMILES string of the molecule is CNS(=O)(=O)c1cccc(C(=O)NCc2ccccc2-n2ccnc2C)c1. The lowest BCUT2D eigenvalue weighted by atomic mass is 10.1. The van der Waals surface area contributed by atoms with Crippen molar-refractivity contribution < 1.29 is 13.2 Å². The Bertz CT molecular complexity index is 1070. The highest BCUT2D eigenvalue weighted by Crippen LogP contribution is 2.16. The highest BCUT2D eigenvalue weighted by molar-refractivity contribution is 7.89. The fourth-order valence-corrected chi connectivity index (χ4v) is 3.50. The van der Waals surface area contributed by atoms with Gasteiger partial charge in [0.15, 0.2) is 0 Å². The summed E-state index contributed by atoms with van der Waals surface area (Å²) in [5, 5.41) is 2.85. The lowest BCUT2D eigenvalue weighted by Crippen LogP contribution is -2.24. The van der Waals surface area contributed by atoms with E-state index in [0.717, 1.165) is 17.1 Å². The first-order valence-corrected chi connectivity index (χ1v) is 9.81. The number of aryl methyl sites for hydroxylation is 1. The fraction of sp³-hybridized carbons (Fsp3) is 0.158. The van der Waals surface area contributed by atoms with Gasteiger partial charge in [-0.15, -0.1) is 0 Å². The molecule has 0 aliphatic rings. The van der Waals surface area contributed by atoms with E-state index >= 15 is 0 Å². The number of para-hydroxylation sites is 1. The molecule has 3 aromatic rings. The molecule has 0 unspecified atom stereocenters. The summed E-state index contributed by atoms with van der Waals surface area (Å²) in [6, 6.07) is 13.6. The molecule has 140 valence electrons. The predicted molar refractivity (Wildman–Crippen MR) is 102 cm³/mol. The van der Waals surface area contributed by atoms with Crippen LogP contribution in [0.4, 0.5) is 0 Å². The number of nitrogens with one attached hydrogen (secondary N) is 2. The number of aromatic nitrogens is 2. The molecule has 0 spiro atoms. The number of rotatable bonds is 6. The van der Waals surface area contributed by atoms with E-state index in [2.05, 4.69) is 15.0 Å². The van der Waals surface area contributed by atoms with Gasteiger partial charge in [-0.1, -0.05) is 24.3 Å². The summed E-state index contributed by atoms with van der Waals surface area (Å²) in [5.74, 6) is 0.499. The molecule has 7 nitrogen and oxygen atoms in total. The zero-order valence-corrected chi connectivity index (χ0v) is 15.8. The number of imidazole rings is 1. The molecule has 0 bridgehead atoms. The molecule has 0 aliphatic carbocycles. The first-order valence-electron chi connectivity index (χ1n) is 8.32. The molecule has 2 N–H and O–H groups in total. The lowest BCUT2D eigenvalue weighted by molar-refractivity contribution is 0.0950. The summed E-state index contributed by atoms with van der Waals surface area (Å²) in [4.78, 5) is 16.8. The van der Waals surface area contributed by atoms with E-state index in [9.17, 15) is 13.2 Å². The van der Waals surface area contributed by atoms with Gasteiger partial charge in [-0.3, -0.25) is 4.79 Å². The largest absolute Gasteiger partial charge is 0.348 e. The van der Waals surface area contributed by atoms with Gasteiger partial charge in [-0.05, 0) is 43.8 Å². The maximum absolute atomic E-state index is 12.5. The van der Waals surface area contributed by atoms with Crippen molar-refractivity contribution in [1.82, 2.24) is 19.6 Å². The molecule has 27 heavy (non-hydrogen) atoms. The number of sulfonamides is 1. The number of amides is 1. The van der Waals surface area contributed by atoms with Crippen molar-refractivity contribution >= 4 is 15.9 Å². The highest BCUT2D eigenvalue weighted by atomic mass is 32.2. The van der Waals surface area contributed by atoms with E-state index in [4.69, 9.17) is 0 Å². The highest BCUT2D eigenvalue weighted by Gasteiger charge is 2.15. The third-order valence-corrected chi connectivity index (χ3v) is 5.60. The molecule has 1 amide bonds. The van der Waals surface area contributed by atoms with Crippen LogP contribution < -0.4 is 10.0 Å². The number of benzene rings is 2. The second-order valence-corrected chi connectivity index (χ2v) is 7.78. The van der Waals surface area contributed by atoms with Crippen molar-refractivity contribution in [2.75, 3.05) is 7.05 Å². The topological polar surface area (TPSA) is 93.1 Å². The van der Waals surface area contributed by atoms with Crippen molar-refractivity contribution in [2.45, 2.75) is 18.4 Å². The van der Waals surface area contributed by atoms with Crippen molar-refractivity contribution in [3.05, 3.63) is 77.9 Å². The zero-order chi connectivity index (χ0) is 19.4. The molecule has 8 heteroatoms. The third kappa shape index (κ3) is 4.07. The Hall–Kier alpha value is -2.97. The number of hydrogen-bond donors (Lipinski definition) is 2. The molecule has 2 aromatic carbocycles. The first kappa shape index (κ1) is 18.8. The summed E-state index contributed by atoms with van der Waals surface area (Å²) in [6.45, 7) is 2.21. The Labute approximate surface area is 158 Å². The number of carbonyl (C=O) groups excluding carboxylic acids is 1. The maximum Gasteiger partial charge on any atom is 0.251 e. The van der Waals surface area contributed by atoms with Gasteiger partial charge in [0.25, 0.3) is 5.91 Å². The van der Waals surface area contributed by atoms with Crippen LogP contribution in [0, 0.1) is 6.92 Å². The van der Waals surface area contributed by atoms with Crippen LogP contribution in [0.1, 0.15) is 21.7 Å². The first-order chi connectivity index (χ1) is 12.9. The van der Waals surface area contributed by atoms with Gasteiger partial charge < -0.3 is 9.88 Å². The van der Waals surface area contributed by atoms with Crippen molar-refractivity contribution in [2.24, 2.45) is 0 Å². The van der Waals surface area contributed by atoms with Gasteiger partial charge in [-0.2, -0.15) is 0 Å². The van der Waals surface area contributed by atoms with Crippen LogP contribution in [-0.4, -0.2) is 30.9 Å². The van der Waals surface area contributed by atoms with Crippen LogP contribution in [0.5, 0.6) is 0 Å². The summed E-state index contributed by atoms with van der Waals surface area (Å²) in [5.41, 5.74) is 2.13. The molecule has 1 aromatic heterocycles. The molecule has 0 fully saturated rings. The molecule has 1 heterocycles.